The highest BCUT2D eigenvalue weighted by Crippen LogP contribution is 2.29. The summed E-state index contributed by atoms with van der Waals surface area (Å²) >= 11 is 0. The molecule has 1 saturated heterocycles. The molecule has 5 nitrogen and oxygen atoms in total. The molecule has 172 valence electrons. The van der Waals surface area contributed by atoms with Crippen molar-refractivity contribution < 1.29 is 17.6 Å². The highest BCUT2D eigenvalue weighted by molar-refractivity contribution is 7.91. The second-order valence-electron chi connectivity index (χ2n) is 8.93. The Morgan fingerprint density at radius 1 is 0.938 bits per heavy atom. The van der Waals surface area contributed by atoms with E-state index >= 15 is 0 Å². The van der Waals surface area contributed by atoms with Crippen LogP contribution in [0.3, 0.4) is 0 Å². The lowest BCUT2D eigenvalue weighted by Gasteiger charge is -2.38. The molecular weight excluding hydrogens is 427 g/mol. The van der Waals surface area contributed by atoms with Crippen molar-refractivity contribution >= 4 is 15.7 Å². The Morgan fingerprint density at radius 2 is 1.59 bits per heavy atom. The van der Waals surface area contributed by atoms with Crippen LogP contribution < -0.4 is 5.32 Å². The number of sulfone groups is 1. The Bertz CT molecular complexity index is 1010. The van der Waals surface area contributed by atoms with Gasteiger partial charge in [0.15, 0.2) is 9.84 Å². The quantitative estimate of drug-likeness (QED) is 0.684. The average molecular weight is 459 g/mol. The molecule has 2 aromatic carbocycles. The van der Waals surface area contributed by atoms with Gasteiger partial charge in [-0.15, -0.1) is 0 Å². The van der Waals surface area contributed by atoms with Crippen LogP contribution >= 0.6 is 0 Å². The van der Waals surface area contributed by atoms with E-state index < -0.39 is 9.84 Å². The zero-order valence-electron chi connectivity index (χ0n) is 18.3. The van der Waals surface area contributed by atoms with Crippen LogP contribution in [-0.2, 0) is 14.6 Å². The van der Waals surface area contributed by atoms with Gasteiger partial charge in [-0.2, -0.15) is 0 Å². The van der Waals surface area contributed by atoms with E-state index in [0.717, 1.165) is 36.8 Å². The van der Waals surface area contributed by atoms with Crippen molar-refractivity contribution in [1.29, 1.82) is 0 Å². The predicted molar refractivity (Wildman–Crippen MR) is 123 cm³/mol. The molecule has 0 bridgehead atoms. The standard InChI is InChI=1S/C25H31FN2O3S/c26-21-13-11-20(12-14-21)25(19-7-3-1-4-8-19)27-17-24(29)28(22-9-5-2-6-10-22)23-15-16-32(30,31)18-23/h1,3-4,7-8,11-14,22-23,25,27H,2,5-6,9-10,15-18H2. The topological polar surface area (TPSA) is 66.5 Å². The van der Waals surface area contributed by atoms with Crippen molar-refractivity contribution in [2.24, 2.45) is 0 Å². The number of hydrogen-bond donors (Lipinski definition) is 1. The molecule has 1 aliphatic heterocycles. The Morgan fingerprint density at radius 3 is 2.22 bits per heavy atom. The zero-order valence-corrected chi connectivity index (χ0v) is 19.1. The number of rotatable bonds is 7. The molecule has 1 heterocycles. The summed E-state index contributed by atoms with van der Waals surface area (Å²) in [5.41, 5.74) is 1.86. The summed E-state index contributed by atoms with van der Waals surface area (Å²) in [6.45, 7) is 0.101. The predicted octanol–water partition coefficient (Wildman–Crippen LogP) is 3.85. The van der Waals surface area contributed by atoms with Crippen LogP contribution in [-0.4, -0.2) is 49.4 Å². The normalized spacial score (nSPS) is 21.8. The largest absolute Gasteiger partial charge is 0.335 e. The number of hydrogen-bond acceptors (Lipinski definition) is 4. The third-order valence-corrected chi connectivity index (χ3v) is 8.40. The van der Waals surface area contributed by atoms with Crippen molar-refractivity contribution in [3.63, 3.8) is 0 Å². The number of nitrogens with one attached hydrogen (secondary N) is 1. The van der Waals surface area contributed by atoms with E-state index in [1.165, 1.54) is 18.6 Å². The fourth-order valence-corrected chi connectivity index (χ4v) is 6.78. The van der Waals surface area contributed by atoms with Crippen LogP contribution in [0.4, 0.5) is 4.39 Å². The third kappa shape index (κ3) is 5.56. The van der Waals surface area contributed by atoms with Gasteiger partial charge in [0, 0.05) is 12.1 Å². The summed E-state index contributed by atoms with van der Waals surface area (Å²) in [6.07, 6.45) is 5.70. The van der Waals surface area contributed by atoms with Gasteiger partial charge in [-0.3, -0.25) is 10.1 Å². The second kappa shape index (κ2) is 10.1. The lowest BCUT2D eigenvalue weighted by Crippen LogP contribution is -2.51. The Kier molecular flexibility index (Phi) is 7.26. The lowest BCUT2D eigenvalue weighted by molar-refractivity contribution is -0.135. The van der Waals surface area contributed by atoms with Gasteiger partial charge in [0.25, 0.3) is 0 Å². The maximum atomic E-state index is 13.5. The molecule has 2 aliphatic rings. The monoisotopic (exact) mass is 458 g/mol. The van der Waals surface area contributed by atoms with Crippen LogP contribution in [0.25, 0.3) is 0 Å². The van der Waals surface area contributed by atoms with Gasteiger partial charge < -0.3 is 4.90 Å². The third-order valence-electron chi connectivity index (χ3n) is 6.65. The smallest absolute Gasteiger partial charge is 0.237 e. The fourth-order valence-electron chi connectivity index (χ4n) is 5.07. The molecule has 1 saturated carbocycles. The highest BCUT2D eigenvalue weighted by atomic mass is 32.2. The van der Waals surface area contributed by atoms with Crippen LogP contribution in [0, 0.1) is 5.82 Å². The van der Waals surface area contributed by atoms with Gasteiger partial charge in [0.05, 0.1) is 24.1 Å². The Labute approximate surface area is 189 Å². The summed E-state index contributed by atoms with van der Waals surface area (Å²) in [6, 6.07) is 15.7. The minimum absolute atomic E-state index is 0.0537. The molecular formula is C25H31FN2O3S. The Hall–Kier alpha value is -2.25. The van der Waals surface area contributed by atoms with Gasteiger partial charge >= 0.3 is 0 Å². The van der Waals surface area contributed by atoms with Crippen LogP contribution in [0.15, 0.2) is 54.6 Å². The van der Waals surface area contributed by atoms with Gasteiger partial charge in [-0.05, 0) is 42.5 Å². The minimum atomic E-state index is -3.08. The molecule has 0 aromatic heterocycles. The van der Waals surface area contributed by atoms with E-state index in [0.29, 0.717) is 6.42 Å². The van der Waals surface area contributed by atoms with E-state index in [1.807, 2.05) is 35.2 Å². The van der Waals surface area contributed by atoms with Crippen molar-refractivity contribution in [3.05, 3.63) is 71.5 Å². The fraction of sp³-hybridized carbons (Fsp3) is 0.480. The summed E-state index contributed by atoms with van der Waals surface area (Å²) in [5, 5.41) is 3.37. The summed E-state index contributed by atoms with van der Waals surface area (Å²) in [7, 11) is -3.08. The molecule has 32 heavy (non-hydrogen) atoms. The zero-order chi connectivity index (χ0) is 22.6. The molecule has 1 aliphatic carbocycles. The summed E-state index contributed by atoms with van der Waals surface area (Å²) < 4.78 is 37.7. The number of amides is 1. The molecule has 0 spiro atoms. The van der Waals surface area contributed by atoms with Gasteiger partial charge in [0.2, 0.25) is 5.91 Å². The van der Waals surface area contributed by atoms with Gasteiger partial charge in [-0.1, -0.05) is 61.7 Å². The number of halogens is 1. The van der Waals surface area contributed by atoms with Crippen LogP contribution in [0.1, 0.15) is 55.7 Å². The lowest BCUT2D eigenvalue weighted by atomic mass is 9.92. The summed E-state index contributed by atoms with van der Waals surface area (Å²) in [4.78, 5) is 15.3. The van der Waals surface area contributed by atoms with Crippen molar-refractivity contribution in [1.82, 2.24) is 10.2 Å². The van der Waals surface area contributed by atoms with Gasteiger partial charge in [0.1, 0.15) is 5.82 Å². The van der Waals surface area contributed by atoms with Crippen molar-refractivity contribution in [3.8, 4) is 0 Å². The molecule has 2 atom stereocenters. The SMILES string of the molecule is O=C(CNC(c1ccccc1)c1ccc(F)cc1)N(C1CCCCC1)C1CCS(=O)(=O)C1. The highest BCUT2D eigenvalue weighted by Gasteiger charge is 2.38. The van der Waals surface area contributed by atoms with Crippen molar-refractivity contribution in [2.45, 2.75) is 56.7 Å². The molecule has 7 heteroatoms. The second-order valence-corrected chi connectivity index (χ2v) is 11.2. The molecule has 1 amide bonds. The van der Waals surface area contributed by atoms with E-state index in [9.17, 15) is 17.6 Å². The molecule has 2 unspecified atom stereocenters. The first-order valence-corrected chi connectivity index (χ1v) is 13.3. The number of nitrogens with zero attached hydrogens (tertiary/aromatic N) is 1. The molecule has 4 rings (SSSR count). The van der Waals surface area contributed by atoms with E-state index in [4.69, 9.17) is 0 Å². The van der Waals surface area contributed by atoms with Crippen molar-refractivity contribution in [2.75, 3.05) is 18.1 Å². The Balaban J connectivity index is 1.53. The average Bonchev–Trinajstić information content (AvgIpc) is 3.16. The number of carbonyl (C=O) groups excluding carboxylic acids is 1. The van der Waals surface area contributed by atoms with E-state index in [-0.39, 0.29) is 47.9 Å². The minimum Gasteiger partial charge on any atom is -0.335 e. The molecule has 1 N–H and O–H groups in total. The molecule has 2 aromatic rings. The first kappa shape index (κ1) is 22.9. The number of benzene rings is 2. The maximum Gasteiger partial charge on any atom is 0.237 e. The maximum absolute atomic E-state index is 13.5. The summed E-state index contributed by atoms with van der Waals surface area (Å²) in [5.74, 6) is -0.135. The number of carbonyl (C=O) groups is 1. The molecule has 2 fully saturated rings. The van der Waals surface area contributed by atoms with Crippen LogP contribution in [0.5, 0.6) is 0 Å². The first-order valence-electron chi connectivity index (χ1n) is 11.5. The van der Waals surface area contributed by atoms with Gasteiger partial charge in [-0.25, -0.2) is 12.8 Å². The van der Waals surface area contributed by atoms with E-state index in [1.54, 1.807) is 12.1 Å². The van der Waals surface area contributed by atoms with Crippen LogP contribution in [0.2, 0.25) is 0 Å². The van der Waals surface area contributed by atoms with E-state index in [2.05, 4.69) is 5.32 Å². The molecule has 0 radical (unpaired) electrons. The first-order chi connectivity index (χ1) is 15.4.